The van der Waals surface area contributed by atoms with Gasteiger partial charge in [0.1, 0.15) is 0 Å². The molecule has 0 amide bonds. The zero-order valence-corrected chi connectivity index (χ0v) is 27.0. The molecule has 0 radical (unpaired) electrons. The first-order chi connectivity index (χ1) is 24.2. The highest BCUT2D eigenvalue weighted by atomic mass is 15.0. The standard InChI is InChI=1S/C44H31N5/c1-2-10-28-23-38(35-18-7-13-29-11-3-5-16-33(29)35)36-19-20-37-40(39(36)24-28)25-30-12-4-6-17-34(30)41(37)44-48-42(31-14-8-21-45-26-31)47-43(49-44)32-15-9-22-46-27-32/h3-9,11-27H,2,10H2,1H3. The molecule has 0 fully saturated rings. The molecular weight excluding hydrogens is 599 g/mol. The van der Waals surface area contributed by atoms with Crippen LogP contribution in [0, 0.1) is 0 Å². The quantitative estimate of drug-likeness (QED) is 0.135. The van der Waals surface area contributed by atoms with Gasteiger partial charge in [0.2, 0.25) is 0 Å². The largest absolute Gasteiger partial charge is 0.264 e. The van der Waals surface area contributed by atoms with E-state index in [9.17, 15) is 0 Å². The van der Waals surface area contributed by atoms with Gasteiger partial charge in [0.05, 0.1) is 0 Å². The lowest BCUT2D eigenvalue weighted by Gasteiger charge is -2.17. The second kappa shape index (κ2) is 12.0. The minimum Gasteiger partial charge on any atom is -0.264 e. The van der Waals surface area contributed by atoms with Crippen molar-refractivity contribution in [1.29, 1.82) is 0 Å². The normalized spacial score (nSPS) is 11.5. The number of rotatable bonds is 6. The van der Waals surface area contributed by atoms with Crippen LogP contribution in [0.15, 0.2) is 146 Å². The molecule has 3 heterocycles. The van der Waals surface area contributed by atoms with E-state index in [1.54, 1.807) is 24.8 Å². The van der Waals surface area contributed by atoms with Gasteiger partial charge < -0.3 is 0 Å². The van der Waals surface area contributed by atoms with E-state index >= 15 is 0 Å². The van der Waals surface area contributed by atoms with E-state index in [1.165, 1.54) is 43.6 Å². The van der Waals surface area contributed by atoms with Crippen molar-refractivity contribution < 1.29 is 0 Å². The second-order valence-corrected chi connectivity index (χ2v) is 12.4. The zero-order chi connectivity index (χ0) is 32.7. The van der Waals surface area contributed by atoms with Gasteiger partial charge in [0, 0.05) is 41.5 Å². The molecule has 0 unspecified atom stereocenters. The van der Waals surface area contributed by atoms with Gasteiger partial charge >= 0.3 is 0 Å². The Labute approximate surface area is 284 Å². The Morgan fingerprint density at radius 3 is 1.80 bits per heavy atom. The molecule has 0 bridgehead atoms. The minimum absolute atomic E-state index is 0.572. The maximum atomic E-state index is 5.14. The number of nitrogens with zero attached hydrogens (tertiary/aromatic N) is 5. The number of hydrogen-bond acceptors (Lipinski definition) is 5. The monoisotopic (exact) mass is 629 g/mol. The van der Waals surface area contributed by atoms with Gasteiger partial charge in [-0.1, -0.05) is 104 Å². The number of aromatic nitrogens is 5. The van der Waals surface area contributed by atoms with Crippen molar-refractivity contribution in [3.8, 4) is 45.3 Å². The Bertz CT molecular complexity index is 2610. The van der Waals surface area contributed by atoms with Crippen LogP contribution in [0.3, 0.4) is 0 Å². The summed E-state index contributed by atoms with van der Waals surface area (Å²) in [6.07, 6.45) is 9.18. The number of fused-ring (bicyclic) bond motifs is 5. The highest BCUT2D eigenvalue weighted by molar-refractivity contribution is 6.22. The van der Waals surface area contributed by atoms with Crippen molar-refractivity contribution in [3.05, 3.63) is 152 Å². The maximum Gasteiger partial charge on any atom is 0.165 e. The van der Waals surface area contributed by atoms with Crippen LogP contribution in [0.2, 0.25) is 0 Å². The predicted octanol–water partition coefficient (Wildman–Crippen LogP) is 10.9. The molecule has 9 aromatic rings. The molecule has 0 N–H and O–H groups in total. The highest BCUT2D eigenvalue weighted by Gasteiger charge is 2.20. The molecule has 232 valence electrons. The summed E-state index contributed by atoms with van der Waals surface area (Å²) < 4.78 is 0. The van der Waals surface area contributed by atoms with Crippen molar-refractivity contribution in [2.75, 3.05) is 0 Å². The molecule has 5 heteroatoms. The highest BCUT2D eigenvalue weighted by Crippen LogP contribution is 2.42. The Balaban J connectivity index is 1.38. The minimum atomic E-state index is 0.572. The van der Waals surface area contributed by atoms with Gasteiger partial charge in [-0.05, 0) is 96.5 Å². The van der Waals surface area contributed by atoms with Gasteiger partial charge in [-0.15, -0.1) is 0 Å². The third-order valence-corrected chi connectivity index (χ3v) is 9.35. The fourth-order valence-corrected chi connectivity index (χ4v) is 7.13. The van der Waals surface area contributed by atoms with Crippen LogP contribution >= 0.6 is 0 Å². The van der Waals surface area contributed by atoms with Crippen molar-refractivity contribution in [2.45, 2.75) is 19.8 Å². The van der Waals surface area contributed by atoms with Gasteiger partial charge in [-0.2, -0.15) is 0 Å². The Hall–Kier alpha value is -6.33. The maximum absolute atomic E-state index is 5.14. The lowest BCUT2D eigenvalue weighted by atomic mass is 9.87. The molecular formula is C44H31N5. The molecule has 49 heavy (non-hydrogen) atoms. The molecule has 0 saturated carbocycles. The molecule has 6 aromatic carbocycles. The van der Waals surface area contributed by atoms with Crippen LogP contribution < -0.4 is 0 Å². The van der Waals surface area contributed by atoms with E-state index in [0.29, 0.717) is 17.5 Å². The first-order valence-electron chi connectivity index (χ1n) is 16.7. The molecule has 3 aromatic heterocycles. The van der Waals surface area contributed by atoms with E-state index in [2.05, 4.69) is 114 Å². The van der Waals surface area contributed by atoms with Gasteiger partial charge in [-0.25, -0.2) is 15.0 Å². The average molecular weight is 630 g/mol. The lowest BCUT2D eigenvalue weighted by molar-refractivity contribution is 0.924. The van der Waals surface area contributed by atoms with E-state index in [1.807, 2.05) is 24.3 Å². The van der Waals surface area contributed by atoms with Crippen LogP contribution in [-0.4, -0.2) is 24.9 Å². The molecule has 0 saturated heterocycles. The fourth-order valence-electron chi connectivity index (χ4n) is 7.13. The number of benzene rings is 6. The smallest absolute Gasteiger partial charge is 0.165 e. The van der Waals surface area contributed by atoms with Crippen LogP contribution in [0.4, 0.5) is 0 Å². The van der Waals surface area contributed by atoms with Crippen LogP contribution in [-0.2, 0) is 6.42 Å². The van der Waals surface area contributed by atoms with E-state index < -0.39 is 0 Å². The van der Waals surface area contributed by atoms with E-state index in [4.69, 9.17) is 15.0 Å². The average Bonchev–Trinajstić information content (AvgIpc) is 3.17. The van der Waals surface area contributed by atoms with Crippen LogP contribution in [0.1, 0.15) is 18.9 Å². The summed E-state index contributed by atoms with van der Waals surface area (Å²) in [5, 5.41) is 9.47. The molecule has 0 atom stereocenters. The van der Waals surface area contributed by atoms with Crippen molar-refractivity contribution in [1.82, 2.24) is 24.9 Å². The second-order valence-electron chi connectivity index (χ2n) is 12.4. The molecule has 0 aliphatic rings. The summed E-state index contributed by atoms with van der Waals surface area (Å²) in [7, 11) is 0. The number of hydrogen-bond donors (Lipinski definition) is 0. The predicted molar refractivity (Wildman–Crippen MR) is 201 cm³/mol. The molecule has 5 nitrogen and oxygen atoms in total. The molecule has 9 rings (SSSR count). The molecule has 0 aliphatic heterocycles. The van der Waals surface area contributed by atoms with Crippen molar-refractivity contribution in [2.24, 2.45) is 0 Å². The SMILES string of the molecule is CCCc1cc(-c2cccc3ccccc23)c2ccc3c(-c4nc(-c5cccnc5)nc(-c5cccnc5)n4)c4ccccc4cc3c2c1. The summed E-state index contributed by atoms with van der Waals surface area (Å²) in [5.41, 5.74) is 6.48. The van der Waals surface area contributed by atoms with Crippen molar-refractivity contribution in [3.63, 3.8) is 0 Å². The zero-order valence-electron chi connectivity index (χ0n) is 27.0. The summed E-state index contributed by atoms with van der Waals surface area (Å²) in [6, 6.07) is 43.3. The first-order valence-corrected chi connectivity index (χ1v) is 16.7. The fraction of sp³-hybridized carbons (Fsp3) is 0.0682. The van der Waals surface area contributed by atoms with Gasteiger partial charge in [-0.3, -0.25) is 9.97 Å². The summed E-state index contributed by atoms with van der Waals surface area (Å²) in [4.78, 5) is 23.9. The molecule has 0 aliphatic carbocycles. The Morgan fingerprint density at radius 2 is 1.08 bits per heavy atom. The number of pyridine rings is 2. The lowest BCUT2D eigenvalue weighted by Crippen LogP contribution is -2.01. The topological polar surface area (TPSA) is 64.5 Å². The Morgan fingerprint density at radius 1 is 0.449 bits per heavy atom. The van der Waals surface area contributed by atoms with E-state index in [0.717, 1.165) is 45.7 Å². The summed E-state index contributed by atoms with van der Waals surface area (Å²) >= 11 is 0. The summed E-state index contributed by atoms with van der Waals surface area (Å²) in [6.45, 7) is 2.25. The third kappa shape index (κ3) is 5.08. The number of aryl methyl sites for hydroxylation is 1. The van der Waals surface area contributed by atoms with Crippen LogP contribution in [0.25, 0.3) is 88.4 Å². The van der Waals surface area contributed by atoms with Gasteiger partial charge in [0.25, 0.3) is 0 Å². The van der Waals surface area contributed by atoms with Gasteiger partial charge in [0.15, 0.2) is 17.5 Å². The Kier molecular flexibility index (Phi) is 7.09. The third-order valence-electron chi connectivity index (χ3n) is 9.35. The van der Waals surface area contributed by atoms with Crippen molar-refractivity contribution >= 4 is 43.1 Å². The van der Waals surface area contributed by atoms with Crippen LogP contribution in [0.5, 0.6) is 0 Å². The molecule has 0 spiro atoms. The summed E-state index contributed by atoms with van der Waals surface area (Å²) in [5.74, 6) is 1.76. The first kappa shape index (κ1) is 28.9. The van der Waals surface area contributed by atoms with E-state index in [-0.39, 0.29) is 0 Å².